The van der Waals surface area contributed by atoms with Crippen molar-refractivity contribution in [1.82, 2.24) is 0 Å². The van der Waals surface area contributed by atoms with Gasteiger partial charge in [-0.3, -0.25) is 0 Å². The highest BCUT2D eigenvalue weighted by atomic mass is 33.1. The van der Waals surface area contributed by atoms with Crippen LogP contribution in [0, 0.1) is 0 Å². The predicted octanol–water partition coefficient (Wildman–Crippen LogP) is 6.60. The summed E-state index contributed by atoms with van der Waals surface area (Å²) >= 11 is 0. The topological polar surface area (TPSA) is 0 Å². The lowest BCUT2D eigenvalue weighted by atomic mass is 9.89. The van der Waals surface area contributed by atoms with Crippen LogP contribution in [0.5, 0.6) is 0 Å². The number of hydrogen-bond donors (Lipinski definition) is 0. The van der Waals surface area contributed by atoms with E-state index in [-0.39, 0.29) is 0 Å². The summed E-state index contributed by atoms with van der Waals surface area (Å²) in [5.74, 6) is 1.40. The molecule has 0 unspecified atom stereocenters. The van der Waals surface area contributed by atoms with Gasteiger partial charge >= 0.3 is 0 Å². The summed E-state index contributed by atoms with van der Waals surface area (Å²) in [5, 5.41) is 0. The van der Waals surface area contributed by atoms with Crippen LogP contribution >= 0.6 is 21.6 Å². The van der Waals surface area contributed by atoms with E-state index in [0.29, 0.717) is 4.75 Å². The molecule has 0 amide bonds. The van der Waals surface area contributed by atoms with Gasteiger partial charge in [0.1, 0.15) is 0 Å². The third-order valence-electron chi connectivity index (χ3n) is 4.61. The van der Waals surface area contributed by atoms with Gasteiger partial charge < -0.3 is 0 Å². The Morgan fingerprint density at radius 2 is 0.944 bits per heavy atom. The van der Waals surface area contributed by atoms with E-state index in [1.165, 1.54) is 95.6 Å². The molecule has 18 heavy (non-hydrogen) atoms. The van der Waals surface area contributed by atoms with Crippen LogP contribution in [0.25, 0.3) is 0 Å². The normalized spacial score (nSPS) is 28.0. The van der Waals surface area contributed by atoms with Crippen LogP contribution in [0.3, 0.4) is 0 Å². The van der Waals surface area contributed by atoms with Crippen molar-refractivity contribution >= 4 is 21.6 Å². The standard InChI is InChI=1S/C16H30S2/c1-2-4-6-9-13-16(12-8-5-3-1)14-10-7-11-15-17-18-16/h1-15H2. The Morgan fingerprint density at radius 3 is 1.50 bits per heavy atom. The zero-order valence-corrected chi connectivity index (χ0v) is 13.6. The van der Waals surface area contributed by atoms with Crippen molar-refractivity contribution < 1.29 is 0 Å². The SMILES string of the molecule is C1CCCCCC2(CCCC1)CCCCCSS2. The summed E-state index contributed by atoms with van der Waals surface area (Å²) < 4.78 is 0.662. The second-order valence-corrected chi connectivity index (χ2v) is 9.11. The van der Waals surface area contributed by atoms with Crippen LogP contribution in [0.15, 0.2) is 0 Å². The Labute approximate surface area is 122 Å². The molecule has 0 aromatic carbocycles. The lowest BCUT2D eigenvalue weighted by Gasteiger charge is -2.34. The van der Waals surface area contributed by atoms with E-state index < -0.39 is 0 Å². The van der Waals surface area contributed by atoms with Crippen LogP contribution < -0.4 is 0 Å². The zero-order chi connectivity index (χ0) is 12.5. The molecular formula is C16H30S2. The molecular weight excluding hydrogens is 256 g/mol. The Bertz CT molecular complexity index is 193. The minimum Gasteiger partial charge on any atom is -0.0936 e. The average molecular weight is 287 g/mol. The minimum atomic E-state index is 0.662. The van der Waals surface area contributed by atoms with Gasteiger partial charge in [-0.15, -0.1) is 0 Å². The molecule has 0 aromatic heterocycles. The molecule has 0 atom stereocenters. The molecule has 2 fully saturated rings. The van der Waals surface area contributed by atoms with Crippen molar-refractivity contribution in [3.8, 4) is 0 Å². The molecule has 1 spiro atoms. The Hall–Kier alpha value is 0.700. The van der Waals surface area contributed by atoms with Gasteiger partial charge in [-0.2, -0.15) is 0 Å². The first-order valence-electron chi connectivity index (χ1n) is 8.22. The van der Waals surface area contributed by atoms with Crippen molar-refractivity contribution in [2.75, 3.05) is 5.75 Å². The fraction of sp³-hybridized carbons (Fsp3) is 1.00. The Kier molecular flexibility index (Phi) is 7.37. The maximum Gasteiger partial charge on any atom is 0.0263 e. The Balaban J connectivity index is 1.90. The maximum absolute atomic E-state index is 2.28. The largest absolute Gasteiger partial charge is 0.0936 e. The third kappa shape index (κ3) is 5.36. The molecule has 2 rings (SSSR count). The highest BCUT2D eigenvalue weighted by Gasteiger charge is 2.30. The smallest absolute Gasteiger partial charge is 0.0263 e. The first-order valence-corrected chi connectivity index (χ1v) is 10.5. The van der Waals surface area contributed by atoms with Gasteiger partial charge in [-0.1, -0.05) is 85.8 Å². The summed E-state index contributed by atoms with van der Waals surface area (Å²) in [5.41, 5.74) is 0. The maximum atomic E-state index is 2.28. The fourth-order valence-corrected chi connectivity index (χ4v) is 6.85. The summed E-state index contributed by atoms with van der Waals surface area (Å²) in [6.45, 7) is 0. The molecule has 2 heteroatoms. The quantitative estimate of drug-likeness (QED) is 0.460. The minimum absolute atomic E-state index is 0.662. The Morgan fingerprint density at radius 1 is 0.500 bits per heavy atom. The van der Waals surface area contributed by atoms with Crippen LogP contribution in [0.1, 0.15) is 89.9 Å². The van der Waals surface area contributed by atoms with Crippen LogP contribution in [0.4, 0.5) is 0 Å². The number of rotatable bonds is 0. The highest BCUT2D eigenvalue weighted by molar-refractivity contribution is 8.77. The van der Waals surface area contributed by atoms with E-state index in [0.717, 1.165) is 0 Å². The van der Waals surface area contributed by atoms with E-state index in [4.69, 9.17) is 0 Å². The summed E-state index contributed by atoms with van der Waals surface area (Å²) in [7, 11) is 4.47. The molecule has 0 N–H and O–H groups in total. The van der Waals surface area contributed by atoms with Gasteiger partial charge in [0, 0.05) is 10.5 Å². The summed E-state index contributed by atoms with van der Waals surface area (Å²) in [6, 6.07) is 0. The predicted molar refractivity (Wildman–Crippen MR) is 87.4 cm³/mol. The monoisotopic (exact) mass is 286 g/mol. The fourth-order valence-electron chi connectivity index (χ4n) is 3.41. The highest BCUT2D eigenvalue weighted by Crippen LogP contribution is 2.48. The van der Waals surface area contributed by atoms with Gasteiger partial charge in [0.2, 0.25) is 0 Å². The molecule has 0 bridgehead atoms. The molecule has 2 aliphatic rings. The van der Waals surface area contributed by atoms with E-state index in [9.17, 15) is 0 Å². The van der Waals surface area contributed by atoms with Gasteiger partial charge in [0.25, 0.3) is 0 Å². The lowest BCUT2D eigenvalue weighted by Crippen LogP contribution is -2.25. The van der Waals surface area contributed by atoms with E-state index in [2.05, 4.69) is 21.6 Å². The zero-order valence-electron chi connectivity index (χ0n) is 11.9. The van der Waals surface area contributed by atoms with Crippen molar-refractivity contribution in [2.24, 2.45) is 0 Å². The van der Waals surface area contributed by atoms with Crippen molar-refractivity contribution in [2.45, 2.75) is 94.6 Å². The first-order chi connectivity index (χ1) is 8.91. The first kappa shape index (κ1) is 15.1. The molecule has 106 valence electrons. The van der Waals surface area contributed by atoms with Crippen molar-refractivity contribution in [1.29, 1.82) is 0 Å². The lowest BCUT2D eigenvalue weighted by molar-refractivity contribution is 0.417. The van der Waals surface area contributed by atoms with Crippen LogP contribution in [-0.2, 0) is 0 Å². The number of hydrogen-bond acceptors (Lipinski definition) is 2. The van der Waals surface area contributed by atoms with E-state index in [1.54, 1.807) is 0 Å². The molecule has 1 aliphatic carbocycles. The average Bonchev–Trinajstić information content (AvgIpc) is 2.40. The molecule has 0 radical (unpaired) electrons. The van der Waals surface area contributed by atoms with Crippen LogP contribution in [0.2, 0.25) is 0 Å². The second-order valence-electron chi connectivity index (χ2n) is 6.23. The molecule has 1 saturated heterocycles. The van der Waals surface area contributed by atoms with E-state index in [1.807, 2.05) is 0 Å². The van der Waals surface area contributed by atoms with Gasteiger partial charge in [-0.25, -0.2) is 0 Å². The van der Waals surface area contributed by atoms with Gasteiger partial charge in [0.05, 0.1) is 0 Å². The molecule has 0 nitrogen and oxygen atoms in total. The molecule has 1 heterocycles. The second kappa shape index (κ2) is 8.79. The van der Waals surface area contributed by atoms with Gasteiger partial charge in [-0.05, 0) is 25.7 Å². The van der Waals surface area contributed by atoms with Crippen molar-refractivity contribution in [3.63, 3.8) is 0 Å². The van der Waals surface area contributed by atoms with Gasteiger partial charge in [0.15, 0.2) is 0 Å². The molecule has 0 aromatic rings. The van der Waals surface area contributed by atoms with Crippen molar-refractivity contribution in [3.05, 3.63) is 0 Å². The molecule has 1 aliphatic heterocycles. The summed E-state index contributed by atoms with van der Waals surface area (Å²) in [6.07, 6.45) is 20.9. The summed E-state index contributed by atoms with van der Waals surface area (Å²) in [4.78, 5) is 0. The third-order valence-corrected chi connectivity index (χ3v) is 8.06. The van der Waals surface area contributed by atoms with Crippen LogP contribution in [-0.4, -0.2) is 10.5 Å². The molecule has 1 saturated carbocycles. The van der Waals surface area contributed by atoms with E-state index >= 15 is 0 Å².